The molecule has 0 saturated carbocycles. The molecule has 0 fully saturated rings. The molecule has 0 bridgehead atoms. The maximum atomic E-state index is 5.27. The molecule has 0 aliphatic carbocycles. The Bertz CT molecular complexity index is 199. The zero-order chi connectivity index (χ0) is 7.94. The third-order valence-corrected chi connectivity index (χ3v) is 1.68. The zero-order valence-electron chi connectivity index (χ0n) is 6.66. The fraction of sp³-hybridized carbons (Fsp3) is 0.273. The minimum atomic E-state index is 1.01. The Morgan fingerprint density at radius 1 is 1.18 bits per heavy atom. The third kappa shape index (κ3) is 3.03. The van der Waals surface area contributed by atoms with Gasteiger partial charge in [0.2, 0.25) is 0 Å². The Hall–Kier alpha value is -1.04. The summed E-state index contributed by atoms with van der Waals surface area (Å²) in [5.74, 6) is 0. The predicted molar refractivity (Wildman–Crippen MR) is 48.3 cm³/mol. The highest BCUT2D eigenvalue weighted by atomic mass is 13.9. The van der Waals surface area contributed by atoms with Crippen molar-refractivity contribution >= 4 is 0 Å². The van der Waals surface area contributed by atoms with E-state index in [1.54, 1.807) is 6.08 Å². The molecule has 1 rings (SSSR count). The van der Waals surface area contributed by atoms with E-state index in [-0.39, 0.29) is 0 Å². The topological polar surface area (TPSA) is 0 Å². The highest BCUT2D eigenvalue weighted by Crippen LogP contribution is 2.03. The van der Waals surface area contributed by atoms with Crippen molar-refractivity contribution in [1.29, 1.82) is 0 Å². The maximum Gasteiger partial charge on any atom is -0.0276 e. The van der Waals surface area contributed by atoms with E-state index in [1.165, 1.54) is 5.56 Å². The number of hydrogen-bond donors (Lipinski definition) is 0. The van der Waals surface area contributed by atoms with Gasteiger partial charge in [-0.2, -0.15) is 0 Å². The first-order valence-electron chi connectivity index (χ1n) is 4.01. The minimum Gasteiger partial charge on any atom is -0.0845 e. The Kier molecular flexibility index (Phi) is 3.46. The number of hydrogen-bond acceptors (Lipinski definition) is 0. The van der Waals surface area contributed by atoms with E-state index >= 15 is 0 Å². The molecule has 0 spiro atoms. The molecule has 0 saturated heterocycles. The number of rotatable bonds is 4. The highest BCUT2D eigenvalue weighted by Gasteiger charge is 1.88. The number of benzene rings is 1. The summed E-state index contributed by atoms with van der Waals surface area (Å²) in [6.07, 6.45) is 5.02. The highest BCUT2D eigenvalue weighted by molar-refractivity contribution is 5.14. The predicted octanol–water partition coefficient (Wildman–Crippen LogP) is 3.00. The van der Waals surface area contributed by atoms with Crippen molar-refractivity contribution in [2.45, 2.75) is 19.3 Å². The van der Waals surface area contributed by atoms with E-state index < -0.39 is 0 Å². The molecule has 0 heterocycles. The summed E-state index contributed by atoms with van der Waals surface area (Å²) < 4.78 is 0. The summed E-state index contributed by atoms with van der Waals surface area (Å²) >= 11 is 0. The lowest BCUT2D eigenvalue weighted by Gasteiger charge is -1.96. The largest absolute Gasteiger partial charge is 0.0845 e. The number of unbranched alkanes of at least 4 members (excludes halogenated alkanes) is 1. The monoisotopic (exact) mass is 145 g/mol. The van der Waals surface area contributed by atoms with Gasteiger partial charge in [0.05, 0.1) is 0 Å². The van der Waals surface area contributed by atoms with Crippen LogP contribution in [0.4, 0.5) is 0 Å². The molecule has 0 N–H and O–H groups in total. The molecule has 0 amide bonds. The van der Waals surface area contributed by atoms with Crippen molar-refractivity contribution in [3.05, 3.63) is 48.6 Å². The molecule has 1 radical (unpaired) electrons. The summed E-state index contributed by atoms with van der Waals surface area (Å²) in [6, 6.07) is 10.5. The Labute approximate surface area is 68.6 Å². The van der Waals surface area contributed by atoms with E-state index in [9.17, 15) is 0 Å². The number of allylic oxidation sites excluding steroid dienone is 1. The number of aryl methyl sites for hydroxylation is 1. The normalized spacial score (nSPS) is 9.45. The van der Waals surface area contributed by atoms with Gasteiger partial charge in [0.25, 0.3) is 0 Å². The fourth-order valence-corrected chi connectivity index (χ4v) is 1.07. The third-order valence-electron chi connectivity index (χ3n) is 1.68. The van der Waals surface area contributed by atoms with E-state index in [4.69, 9.17) is 6.58 Å². The molecule has 0 aliphatic rings. The average Bonchev–Trinajstić information content (AvgIpc) is 2.07. The summed E-state index contributed by atoms with van der Waals surface area (Å²) in [5.41, 5.74) is 1.40. The van der Waals surface area contributed by atoms with Crippen molar-refractivity contribution in [2.75, 3.05) is 0 Å². The van der Waals surface area contributed by atoms with Crippen LogP contribution in [0, 0.1) is 6.58 Å². The lowest BCUT2D eigenvalue weighted by Crippen LogP contribution is -1.82. The van der Waals surface area contributed by atoms with E-state index in [1.807, 2.05) is 6.07 Å². The molecular weight excluding hydrogens is 132 g/mol. The Morgan fingerprint density at radius 3 is 2.55 bits per heavy atom. The summed E-state index contributed by atoms with van der Waals surface area (Å²) in [6.45, 7) is 5.27. The molecular formula is C11H13. The first-order chi connectivity index (χ1) is 5.43. The van der Waals surface area contributed by atoms with E-state index in [2.05, 4.69) is 24.3 Å². The van der Waals surface area contributed by atoms with Crippen LogP contribution in [-0.2, 0) is 6.42 Å². The summed E-state index contributed by atoms with van der Waals surface area (Å²) in [4.78, 5) is 0. The van der Waals surface area contributed by atoms with Gasteiger partial charge < -0.3 is 0 Å². The van der Waals surface area contributed by atoms with E-state index in [0.29, 0.717) is 0 Å². The van der Waals surface area contributed by atoms with Crippen LogP contribution in [0.25, 0.3) is 0 Å². The lowest BCUT2D eigenvalue weighted by atomic mass is 10.1. The molecule has 0 nitrogen and oxygen atoms in total. The Balaban J connectivity index is 2.33. The van der Waals surface area contributed by atoms with Gasteiger partial charge in [-0.05, 0) is 24.8 Å². The zero-order valence-corrected chi connectivity index (χ0v) is 6.66. The average molecular weight is 145 g/mol. The van der Waals surface area contributed by atoms with E-state index in [0.717, 1.165) is 19.3 Å². The quantitative estimate of drug-likeness (QED) is 0.571. The molecule has 57 valence electrons. The van der Waals surface area contributed by atoms with Crippen molar-refractivity contribution in [2.24, 2.45) is 0 Å². The van der Waals surface area contributed by atoms with Gasteiger partial charge in [0.15, 0.2) is 0 Å². The smallest absolute Gasteiger partial charge is 0.0276 e. The molecule has 1 aromatic carbocycles. The van der Waals surface area contributed by atoms with Gasteiger partial charge in [0, 0.05) is 0 Å². The van der Waals surface area contributed by atoms with Gasteiger partial charge in [-0.25, -0.2) is 0 Å². The van der Waals surface area contributed by atoms with Crippen LogP contribution in [0.15, 0.2) is 36.4 Å². The summed E-state index contributed by atoms with van der Waals surface area (Å²) in [7, 11) is 0. The lowest BCUT2D eigenvalue weighted by molar-refractivity contribution is 0.843. The van der Waals surface area contributed by atoms with Crippen LogP contribution in [0.3, 0.4) is 0 Å². The molecule has 0 aliphatic heterocycles. The van der Waals surface area contributed by atoms with Crippen LogP contribution < -0.4 is 0 Å². The van der Waals surface area contributed by atoms with Crippen LogP contribution in [0.2, 0.25) is 0 Å². The van der Waals surface area contributed by atoms with Crippen molar-refractivity contribution in [3.8, 4) is 0 Å². The maximum absolute atomic E-state index is 5.27. The van der Waals surface area contributed by atoms with Crippen LogP contribution in [0.5, 0.6) is 0 Å². The second-order valence-electron chi connectivity index (χ2n) is 2.61. The van der Waals surface area contributed by atoms with Crippen molar-refractivity contribution < 1.29 is 0 Å². The second-order valence-corrected chi connectivity index (χ2v) is 2.61. The summed E-state index contributed by atoms with van der Waals surface area (Å²) in [5, 5.41) is 0. The first kappa shape index (κ1) is 8.06. The fourth-order valence-electron chi connectivity index (χ4n) is 1.07. The minimum absolute atomic E-state index is 1.01. The van der Waals surface area contributed by atoms with Gasteiger partial charge in [0.1, 0.15) is 0 Å². The molecule has 0 unspecified atom stereocenters. The van der Waals surface area contributed by atoms with Gasteiger partial charge in [-0.3, -0.25) is 0 Å². The molecule has 11 heavy (non-hydrogen) atoms. The van der Waals surface area contributed by atoms with Crippen LogP contribution in [0.1, 0.15) is 18.4 Å². The molecule has 1 aromatic rings. The SMILES string of the molecule is [CH]=CCCCc1ccccc1. The van der Waals surface area contributed by atoms with Crippen molar-refractivity contribution in [1.82, 2.24) is 0 Å². The van der Waals surface area contributed by atoms with Crippen molar-refractivity contribution in [3.63, 3.8) is 0 Å². The standard InChI is InChI=1S/C11H13/c1-2-3-5-8-11-9-6-4-7-10-11/h1-2,4,6-7,9-10H,3,5,8H2. The first-order valence-corrected chi connectivity index (χ1v) is 4.01. The Morgan fingerprint density at radius 2 is 1.91 bits per heavy atom. The van der Waals surface area contributed by atoms with Gasteiger partial charge >= 0.3 is 0 Å². The van der Waals surface area contributed by atoms with Gasteiger partial charge in [-0.15, -0.1) is 0 Å². The molecule has 0 heteroatoms. The van der Waals surface area contributed by atoms with Crippen LogP contribution in [-0.4, -0.2) is 0 Å². The molecule has 0 atom stereocenters. The van der Waals surface area contributed by atoms with Crippen LogP contribution >= 0.6 is 0 Å². The second kappa shape index (κ2) is 4.73. The van der Waals surface area contributed by atoms with Gasteiger partial charge in [-0.1, -0.05) is 43.0 Å². The molecule has 0 aromatic heterocycles.